The van der Waals surface area contributed by atoms with E-state index < -0.39 is 0 Å². The van der Waals surface area contributed by atoms with Crippen molar-refractivity contribution in [2.24, 2.45) is 0 Å². The fourth-order valence-corrected chi connectivity index (χ4v) is 7.68. The quantitative estimate of drug-likeness (QED) is 0.167. The molecule has 0 N–H and O–H groups in total. The van der Waals surface area contributed by atoms with Crippen LogP contribution in [0.3, 0.4) is 0 Å². The van der Waals surface area contributed by atoms with Gasteiger partial charge < -0.3 is 18.9 Å². The predicted octanol–water partition coefficient (Wildman–Crippen LogP) is 47.6. The second-order valence-electron chi connectivity index (χ2n) is 12.2. The first-order valence-electron chi connectivity index (χ1n) is 30.8. The zero-order valence-corrected chi connectivity index (χ0v) is 27.3. The fourth-order valence-electron chi connectivity index (χ4n) is 6.51. The smallest absolute Gasteiger partial charge is 0.153 e. The highest BCUT2D eigenvalue weighted by Crippen LogP contribution is 2.49. The molecule has 532 valence electrons. The summed E-state index contributed by atoms with van der Waals surface area (Å²) in [5.74, 6) is 3.26. The molecule has 4 aromatic rings. The summed E-state index contributed by atoms with van der Waals surface area (Å²) < 4.78 is 193. The van der Waals surface area contributed by atoms with Gasteiger partial charge in [-0.1, -0.05) is 6.42 Å². The molecule has 5 nitrogen and oxygen atoms in total. The molecule has 1 aromatic heterocycles. The number of ether oxygens (including phenoxy) is 4. The minimum Gasteiger partial charge on any atom is -0.497 e. The van der Waals surface area contributed by atoms with Crippen LogP contribution < -0.4 is 18.9 Å². The minimum absolute atomic E-state index is 0. The molecule has 0 spiro atoms. The van der Waals surface area contributed by atoms with Crippen molar-refractivity contribution in [3.05, 3.63) is 65.2 Å². The van der Waals surface area contributed by atoms with Crippen LogP contribution in [-0.4, -0.2) is 43.3 Å². The molecule has 1 saturated heterocycles. The van der Waals surface area contributed by atoms with Gasteiger partial charge in [0.15, 0.2) is 5.75 Å². The van der Waals surface area contributed by atoms with Crippen molar-refractivity contribution in [2.75, 3.05) is 20.8 Å². The molecule has 0 radical (unpaired) electrons. The van der Waals surface area contributed by atoms with Crippen LogP contribution in [0.4, 0.5) is 0 Å². The molecule has 42 heavy (non-hydrogen) atoms. The lowest BCUT2D eigenvalue weighted by Crippen LogP contribution is -2.57. The van der Waals surface area contributed by atoms with Gasteiger partial charge in [-0.25, -0.2) is 0 Å². The number of benzene rings is 3. The van der Waals surface area contributed by atoms with Gasteiger partial charge in [0.05, 0.1) is 21.8 Å². The number of methoxy groups -OCH3 is 2. The normalized spacial score (nSPS) is 21.2. The number of thiophene rings is 1. The van der Waals surface area contributed by atoms with Crippen LogP contribution >= 0.6 is 11.3 Å². The molecule has 2 heterocycles. The van der Waals surface area contributed by atoms with Gasteiger partial charge in [-0.2, -0.15) is 0 Å². The zero-order valence-electron chi connectivity index (χ0n) is 58.4. The molecule has 0 saturated carbocycles. The molecule has 1 fully saturated rings. The van der Waals surface area contributed by atoms with E-state index in [9.17, 15) is 0 Å². The molecule has 0 aliphatic carbocycles. The summed E-state index contributed by atoms with van der Waals surface area (Å²) in [7, 11) is 3.20. The molecule has 6 heteroatoms. The number of piperidine rings is 1. The lowest BCUT2D eigenvalue weighted by atomic mass is 9.85. The summed E-state index contributed by atoms with van der Waals surface area (Å²) in [5, 5.41) is 0.621. The van der Waals surface area contributed by atoms with E-state index in [2.05, 4.69) is 32.6 Å². The first-order chi connectivity index (χ1) is 35.9. The lowest BCUT2D eigenvalue weighted by molar-refractivity contribution is -0.0169. The number of rotatable bonds is 9. The molecule has 5 rings (SSSR count). The number of nitrogens with zero attached hydrogens (tertiary/aromatic N) is 1. The molecule has 2 unspecified atom stereocenters. The van der Waals surface area contributed by atoms with E-state index in [-0.39, 0.29) is 210 Å². The number of likely N-dealkylation sites (tertiary alicyclic amines) is 1. The summed E-state index contributed by atoms with van der Waals surface area (Å²) >= 11 is 1.45. The third kappa shape index (κ3) is 5.97. The Bertz CT molecular complexity index is 1820. The average molecular weight is 930 g/mol. The van der Waals surface area contributed by atoms with E-state index in [0.717, 1.165) is 33.1 Å². The van der Waals surface area contributed by atoms with Crippen molar-refractivity contribution < 1.29 is 265 Å². The van der Waals surface area contributed by atoms with Crippen LogP contribution in [0.5, 0.6) is 28.7 Å². The van der Waals surface area contributed by atoms with E-state index in [1.807, 2.05) is 57.2 Å². The van der Waals surface area contributed by atoms with E-state index in [1.54, 1.807) is 14.2 Å². The Morgan fingerprint density at radius 2 is 1.79 bits per heavy atom. The number of hydrogen-bond donors (Lipinski definition) is 0. The summed E-state index contributed by atoms with van der Waals surface area (Å²) in [5.41, 5.74) is 3.70. The van der Waals surface area contributed by atoms with Crippen LogP contribution in [0.2, 0.25) is 0 Å². The van der Waals surface area contributed by atoms with Crippen LogP contribution in [0.25, 0.3) is 20.5 Å². The van der Waals surface area contributed by atoms with Gasteiger partial charge >= 0.3 is 0 Å². The third-order valence-corrected chi connectivity index (χ3v) is 9.66. The van der Waals surface area contributed by atoms with Gasteiger partial charge in [-0.15, -0.1) is 11.3 Å². The number of hydrogen-bond acceptors (Lipinski definition) is 6. The fraction of sp³-hybridized carbons (Fsp3) is 0.444. The Morgan fingerprint density at radius 3 is 2.45 bits per heavy atom. The average Bonchev–Trinajstić information content (AvgIpc) is 1.58. The van der Waals surface area contributed by atoms with Crippen molar-refractivity contribution in [3.8, 4) is 39.2 Å². The maximum atomic E-state index is 9.06. The maximum absolute atomic E-state index is 9.06. The van der Waals surface area contributed by atoms with Crippen molar-refractivity contribution >= 4 is 21.4 Å². The van der Waals surface area contributed by atoms with Gasteiger partial charge in [0.2, 0.25) is 0 Å². The number of fused-ring (bicyclic) bond motifs is 1. The highest BCUT2D eigenvalue weighted by Gasteiger charge is 2.37. The van der Waals surface area contributed by atoms with E-state index >= 15 is 0 Å². The summed E-state index contributed by atoms with van der Waals surface area (Å²) in [6.07, 6.45) is 3.70. The summed E-state index contributed by atoms with van der Waals surface area (Å²) in [6, 6.07) is 13.2. The molecular formula is C36H353NO4S. The van der Waals surface area contributed by atoms with Crippen LogP contribution in [0.15, 0.2) is 48.5 Å². The first-order valence-corrected chi connectivity index (χ1v) is 15.6. The van der Waals surface area contributed by atoms with Crippen molar-refractivity contribution in [1.29, 1.82) is 0 Å². The SMILES string of the molecule is [2H][2H].[2H][2H].[2H][2H].[2H][2H].[2H][2H].[2H][2H].[2H][2H].[2H][2H].[2H][2H].[2H][2H].[2H][2H].[2H][2H].[2H][2H].[2H][2H].[2H][2H].[2H]c1c(OC)c(C)c([2H])c2c(Oc3ccc(OCC(C)N4C(C)CCCC4(C)C)cc3C)c(-c3ccc(OC)cc3C)sc12.[HH].[HH].[HH].[HH].[HH].[HH].[HH].[HH].[HH].[HH].[HH].[HH].[HH].[HH].[HH].[HH].[HH].[HH].[HH].[HH].[HH].[HH].[HH].[HH].[HH].[HH].[HH].[HH].[HH].[HH].[HH].[HH].[HH].[HH].[HH].[HH].[HH].[HH].[HH].[HH].[HH].[HH].[HH].[HH].[HH].[HH].[HH].[HH].[HH].[HH].[HH].[HH].[HH].[HH].[HH].[HH].[HH].[HH].[HH].[HH].[HH].[HH].[HH].[HH].[HH].[HH].[HH].[HH].[HH].[HH].[HH].[HH].[HH].[HH].[HH].[HH].[HH].[HH].[HH].[HH].[HH].[HH].[HH].[HH].[HH].[HH].[HH].[HH].[HH].[HH].[HH].[HH].[HH].[HH].[HH].[HH].[HH].[HH].[HH].[HH].[HH].[HH].[HH].[HH].[HH].[HH].[HH].[HH].[HH].[HH].[HH].[HH].[HH].[HH].[HH].[HH].[HH].[HH].[HH].[HH].[HH].[HH].[HH].[HH].[HH].[HH].[HH].[HH].[HH].[HH].[HH].[HH].[HH].[HH].[HH].[HH].[HH].[HH].[HH]. The topological polar surface area (TPSA) is 40.2 Å². The maximum Gasteiger partial charge on any atom is 0.153 e. The Balaban J connectivity index is -0.00000000151. The predicted molar refractivity (Wildman–Crippen MR) is 501 cm³/mol. The Labute approximate surface area is 510 Å². The van der Waals surface area contributed by atoms with Gasteiger partial charge in [-0.3, -0.25) is 4.90 Å². The van der Waals surface area contributed by atoms with Gasteiger partial charge in [-0.05, 0) is 132 Å². The van der Waals surface area contributed by atoms with E-state index in [0.29, 0.717) is 57.6 Å². The highest BCUT2D eigenvalue weighted by molar-refractivity contribution is 7.22. The van der Waals surface area contributed by atoms with Crippen LogP contribution in [0, 0.1) is 20.8 Å². The zero-order chi connectivity index (χ0) is 61.9. The standard InChI is InChI=1S/C36H45NO4S.154H2/c1-22-17-27(38-8)12-14-29(22)35-34(30-19-24(3)32(39-9)20-33(30)42-35)41-31-15-13-28(18-23(31)2)40-21-26(5)37-25(4)11-10-16-36(37,6)7;;;;;;;;;;;;;;;;;;;;;;;;;;;;;;;;;;;;;;;;;;;;;;;;;;;;;;;;;;;;;;;;;;;;;;;;;;;;;;;;;;;;;;;;;;;;;;;;;;;;;;;;;;;;;;;;;;;;;;;;;;;;;;;;;;;;;;;;;;;;;;;;;;;;;;;;;;/h12-15,17-20,25-26H,10-11,16,21H2,1-9H3;154*1H/i19D,20D;15*1+1D;;;;;;;;;;;;;;;;;;;;;;;;;;;;;;;;;;;;;;;;;;;;;;;;;;;;;;;;;;;;;;;;;;;;;;;;;;;;;;;;;;;;;;;;;;;;;;;;;;;;;;;;;;;;;;;;;;;;;;;;;;;;;;;;;;;;;;;;;;;. The second-order valence-corrected chi connectivity index (χ2v) is 13.2. The van der Waals surface area contributed by atoms with Crippen LogP contribution in [-0.2, 0) is 0 Å². The largest absolute Gasteiger partial charge is 0.497 e. The molecular weight excluding hydrogens is 542 g/mol. The Hall–Kier alpha value is -3.22. The minimum atomic E-state index is 0. The van der Waals surface area contributed by atoms with Gasteiger partial charge in [0.1, 0.15) is 29.6 Å². The monoisotopic (exact) mass is 930 g/mol. The van der Waals surface area contributed by atoms with Crippen molar-refractivity contribution in [2.45, 2.75) is 85.4 Å². The van der Waals surface area contributed by atoms with Crippen molar-refractivity contribution in [3.63, 3.8) is 0 Å². The molecule has 0 amide bonds. The highest BCUT2D eigenvalue weighted by atomic mass is 32.1. The van der Waals surface area contributed by atoms with E-state index in [1.165, 1.54) is 30.6 Å². The summed E-state index contributed by atoms with van der Waals surface area (Å²) in [4.78, 5) is 3.47. The van der Waals surface area contributed by atoms with Crippen molar-refractivity contribution in [1.82, 2.24) is 4.90 Å². The summed E-state index contributed by atoms with van der Waals surface area (Å²) in [6.45, 7) is 15.7. The van der Waals surface area contributed by atoms with E-state index in [4.69, 9.17) is 66.2 Å². The van der Waals surface area contributed by atoms with Crippen LogP contribution in [0.1, 0.15) is 309 Å². The van der Waals surface area contributed by atoms with Gasteiger partial charge in [0.25, 0.3) is 0 Å². The molecule has 2 atom stereocenters. The molecule has 3 aromatic carbocycles. The Kier molecular flexibility index (Phi) is 4.49. The Morgan fingerprint density at radius 1 is 1.05 bits per heavy atom. The van der Waals surface area contributed by atoms with Gasteiger partial charge in [0, 0.05) is 271 Å². The molecule has 1 aliphatic rings. The second kappa shape index (κ2) is 12.2. The third-order valence-electron chi connectivity index (χ3n) is 8.54. The lowest BCUT2D eigenvalue weighted by Gasteiger charge is -2.49. The first kappa shape index (κ1) is 15.5. The molecule has 0 bridgehead atoms. The number of aryl methyl sites for hydroxylation is 2. The molecule has 1 aliphatic heterocycles.